The molecule has 0 amide bonds. The maximum Gasteiger partial charge on any atom is 0.534 e. The van der Waals surface area contributed by atoms with Gasteiger partial charge in [-0.2, -0.15) is 21.6 Å². The van der Waals surface area contributed by atoms with Crippen LogP contribution in [-0.2, 0) is 26.1 Å². The van der Waals surface area contributed by atoms with Gasteiger partial charge in [-0.3, -0.25) is 9.59 Å². The first-order valence-electron chi connectivity index (χ1n) is 8.30. The zero-order valence-corrected chi connectivity index (χ0v) is 15.6. The summed E-state index contributed by atoms with van der Waals surface area (Å²) in [6.07, 6.45) is 0.891. The number of benzene rings is 1. The molecule has 6 nitrogen and oxygen atoms in total. The molecule has 0 spiro atoms. The van der Waals surface area contributed by atoms with E-state index in [9.17, 15) is 31.2 Å². The molecule has 0 N–H and O–H groups in total. The summed E-state index contributed by atoms with van der Waals surface area (Å²) >= 11 is 0. The summed E-state index contributed by atoms with van der Waals surface area (Å²) in [7, 11) is -5.79. The normalized spacial score (nSPS) is 20.1. The molecule has 1 aliphatic rings. The molecule has 0 saturated heterocycles. The fraction of sp³-hybridized carbons (Fsp3) is 0.529. The molecule has 150 valence electrons. The van der Waals surface area contributed by atoms with Gasteiger partial charge in [0.15, 0.2) is 5.78 Å². The first-order chi connectivity index (χ1) is 12.5. The number of hydrogen-bond donors (Lipinski definition) is 0. The van der Waals surface area contributed by atoms with Gasteiger partial charge in [0, 0.05) is 11.0 Å². The van der Waals surface area contributed by atoms with Crippen molar-refractivity contribution in [3.8, 4) is 5.75 Å². The summed E-state index contributed by atoms with van der Waals surface area (Å²) in [4.78, 5) is 24.8. The highest BCUT2D eigenvalue weighted by Gasteiger charge is 2.49. The third kappa shape index (κ3) is 4.26. The van der Waals surface area contributed by atoms with E-state index in [-0.39, 0.29) is 30.8 Å². The Kier molecular flexibility index (Phi) is 5.88. The summed E-state index contributed by atoms with van der Waals surface area (Å²) < 4.78 is 68.6. The molecule has 1 aromatic carbocycles. The van der Waals surface area contributed by atoms with Crippen LogP contribution in [0, 0.1) is 5.41 Å². The Bertz CT molecular complexity index is 847. The van der Waals surface area contributed by atoms with Gasteiger partial charge in [0.2, 0.25) is 0 Å². The molecule has 0 aliphatic heterocycles. The Balaban J connectivity index is 2.30. The molecule has 1 atom stereocenters. The number of aryl methyl sites for hydroxylation is 1. The van der Waals surface area contributed by atoms with Crippen LogP contribution in [0.15, 0.2) is 18.2 Å². The average Bonchev–Trinajstić information content (AvgIpc) is 2.56. The molecular formula is C17H19F3O6S. The van der Waals surface area contributed by atoms with E-state index >= 15 is 0 Å². The minimum atomic E-state index is -5.79. The summed E-state index contributed by atoms with van der Waals surface area (Å²) in [6.45, 7) is 3.62. The van der Waals surface area contributed by atoms with Crippen LogP contribution in [-0.4, -0.2) is 32.3 Å². The number of carbonyl (C=O) groups excluding carboxylic acids is 2. The maximum atomic E-state index is 12.9. The minimum Gasteiger partial charge on any atom is -0.466 e. The Morgan fingerprint density at radius 1 is 1.26 bits per heavy atom. The summed E-state index contributed by atoms with van der Waals surface area (Å²) in [5.41, 5.74) is -5.87. The Morgan fingerprint density at radius 3 is 2.48 bits per heavy atom. The van der Waals surface area contributed by atoms with Gasteiger partial charge in [0.05, 0.1) is 13.0 Å². The predicted molar refractivity (Wildman–Crippen MR) is 88.7 cm³/mol. The number of fused-ring (bicyclic) bond motifs is 1. The molecule has 0 saturated carbocycles. The number of esters is 1. The van der Waals surface area contributed by atoms with E-state index < -0.39 is 32.8 Å². The van der Waals surface area contributed by atoms with E-state index in [4.69, 9.17) is 4.74 Å². The van der Waals surface area contributed by atoms with Crippen molar-refractivity contribution in [2.75, 3.05) is 6.61 Å². The van der Waals surface area contributed by atoms with Crippen LogP contribution in [0.4, 0.5) is 13.2 Å². The lowest BCUT2D eigenvalue weighted by molar-refractivity contribution is -0.145. The number of rotatable bonds is 6. The molecule has 2 rings (SSSR count). The summed E-state index contributed by atoms with van der Waals surface area (Å²) in [6, 6.07) is 3.34. The second-order valence-corrected chi connectivity index (χ2v) is 7.78. The van der Waals surface area contributed by atoms with Gasteiger partial charge in [-0.05, 0) is 49.9 Å². The first-order valence-corrected chi connectivity index (χ1v) is 9.70. The highest BCUT2D eigenvalue weighted by Crippen LogP contribution is 2.42. The van der Waals surface area contributed by atoms with Crippen molar-refractivity contribution in [2.24, 2.45) is 5.41 Å². The monoisotopic (exact) mass is 408 g/mol. The van der Waals surface area contributed by atoms with Crippen LogP contribution in [0.25, 0.3) is 0 Å². The summed E-state index contributed by atoms with van der Waals surface area (Å²) in [5.74, 6) is -1.33. The standard InChI is InChI=1S/C17H19F3O6S/c1-3-16(10-14(21)25-4-2)8-7-11-9-12(5-6-13(11)15(16)22)26-27(23,24)17(18,19)20/h5-6,9H,3-4,7-8,10H2,1-2H3/t16-/m0/s1. The number of Topliss-reactive ketones (excluding diaryl/α,β-unsaturated/α-hetero) is 1. The predicted octanol–water partition coefficient (Wildman–Crippen LogP) is 3.39. The van der Waals surface area contributed by atoms with Crippen LogP contribution < -0.4 is 4.18 Å². The highest BCUT2D eigenvalue weighted by atomic mass is 32.2. The van der Waals surface area contributed by atoms with Crippen LogP contribution in [0.1, 0.15) is 49.0 Å². The lowest BCUT2D eigenvalue weighted by Crippen LogP contribution is -2.38. The molecule has 0 bridgehead atoms. The number of hydrogen-bond acceptors (Lipinski definition) is 6. The Hall–Kier alpha value is -2.10. The van der Waals surface area contributed by atoms with E-state index in [1.165, 1.54) is 6.07 Å². The van der Waals surface area contributed by atoms with Gasteiger partial charge in [-0.1, -0.05) is 6.92 Å². The van der Waals surface area contributed by atoms with Crippen molar-refractivity contribution >= 4 is 21.9 Å². The molecule has 0 unspecified atom stereocenters. The van der Waals surface area contributed by atoms with Crippen molar-refractivity contribution in [1.82, 2.24) is 0 Å². The van der Waals surface area contributed by atoms with E-state index in [1.54, 1.807) is 13.8 Å². The lowest BCUT2D eigenvalue weighted by Gasteiger charge is -2.35. The lowest BCUT2D eigenvalue weighted by atomic mass is 9.67. The molecule has 0 radical (unpaired) electrons. The van der Waals surface area contributed by atoms with Crippen LogP contribution in [0.2, 0.25) is 0 Å². The second kappa shape index (κ2) is 7.49. The van der Waals surface area contributed by atoms with Gasteiger partial charge in [0.1, 0.15) is 5.75 Å². The maximum absolute atomic E-state index is 12.9. The van der Waals surface area contributed by atoms with E-state index in [0.717, 1.165) is 12.1 Å². The van der Waals surface area contributed by atoms with Gasteiger partial charge in [0.25, 0.3) is 0 Å². The number of halogens is 3. The fourth-order valence-electron chi connectivity index (χ4n) is 3.12. The minimum absolute atomic E-state index is 0.0870. The topological polar surface area (TPSA) is 86.7 Å². The van der Waals surface area contributed by atoms with E-state index in [0.29, 0.717) is 18.4 Å². The quantitative estimate of drug-likeness (QED) is 0.407. The molecule has 0 fully saturated rings. The number of ketones is 1. The largest absolute Gasteiger partial charge is 0.534 e. The van der Waals surface area contributed by atoms with Crippen molar-refractivity contribution in [2.45, 2.75) is 45.0 Å². The zero-order valence-electron chi connectivity index (χ0n) is 14.8. The first kappa shape index (κ1) is 21.2. The molecule has 0 heterocycles. The Labute approximate surface area is 154 Å². The van der Waals surface area contributed by atoms with Crippen LogP contribution >= 0.6 is 0 Å². The Morgan fingerprint density at radius 2 is 1.93 bits per heavy atom. The van der Waals surface area contributed by atoms with Gasteiger partial charge >= 0.3 is 21.6 Å². The molecular weight excluding hydrogens is 389 g/mol. The van der Waals surface area contributed by atoms with Gasteiger partial charge in [-0.15, -0.1) is 0 Å². The fourth-order valence-corrected chi connectivity index (χ4v) is 3.57. The van der Waals surface area contributed by atoms with E-state index in [1.807, 2.05) is 0 Å². The van der Waals surface area contributed by atoms with Crippen molar-refractivity contribution in [1.29, 1.82) is 0 Å². The third-order valence-electron chi connectivity index (χ3n) is 4.63. The van der Waals surface area contributed by atoms with Gasteiger partial charge < -0.3 is 8.92 Å². The van der Waals surface area contributed by atoms with E-state index in [2.05, 4.69) is 4.18 Å². The van der Waals surface area contributed by atoms with Crippen molar-refractivity contribution in [3.05, 3.63) is 29.3 Å². The molecule has 27 heavy (non-hydrogen) atoms. The second-order valence-electron chi connectivity index (χ2n) is 6.25. The number of alkyl halides is 3. The van der Waals surface area contributed by atoms with Crippen molar-refractivity contribution in [3.63, 3.8) is 0 Å². The smallest absolute Gasteiger partial charge is 0.466 e. The molecule has 1 aliphatic carbocycles. The molecule has 10 heteroatoms. The third-order valence-corrected chi connectivity index (χ3v) is 5.61. The molecule has 0 aromatic heterocycles. The zero-order chi connectivity index (χ0) is 20.5. The number of ether oxygens (including phenoxy) is 1. The SMILES string of the molecule is CCOC(=O)C[C@]1(CC)CCc2cc(OS(=O)(=O)C(F)(F)F)ccc2C1=O. The van der Waals surface area contributed by atoms with Crippen LogP contribution in [0.3, 0.4) is 0 Å². The van der Waals surface area contributed by atoms with Crippen LogP contribution in [0.5, 0.6) is 5.75 Å². The van der Waals surface area contributed by atoms with Crippen molar-refractivity contribution < 1.29 is 40.1 Å². The average molecular weight is 408 g/mol. The number of carbonyl (C=O) groups is 2. The molecule has 1 aromatic rings. The highest BCUT2D eigenvalue weighted by molar-refractivity contribution is 7.88. The van der Waals surface area contributed by atoms with Gasteiger partial charge in [-0.25, -0.2) is 0 Å². The summed E-state index contributed by atoms with van der Waals surface area (Å²) in [5, 5.41) is 0.